The maximum atomic E-state index is 12.7. The van der Waals surface area contributed by atoms with Crippen LogP contribution >= 0.6 is 0 Å². The molecule has 3 rings (SSSR count). The number of nitriles is 1. The minimum atomic E-state index is -0.767. The summed E-state index contributed by atoms with van der Waals surface area (Å²) in [6.45, 7) is 0.655. The summed E-state index contributed by atoms with van der Waals surface area (Å²) in [5, 5.41) is 23.9. The Labute approximate surface area is 157 Å². The number of nitrogens with one attached hydrogen (secondary N) is 4. The molecule has 0 radical (unpaired) electrons. The van der Waals surface area contributed by atoms with Gasteiger partial charge in [-0.25, -0.2) is 0 Å². The molecule has 3 amide bonds. The molecule has 2 heterocycles. The third-order valence-electron chi connectivity index (χ3n) is 5.03. The summed E-state index contributed by atoms with van der Waals surface area (Å²) < 4.78 is 0. The summed E-state index contributed by atoms with van der Waals surface area (Å²) in [4.78, 5) is 36.9. The first-order chi connectivity index (χ1) is 13.1. The van der Waals surface area contributed by atoms with Crippen molar-refractivity contribution in [1.82, 2.24) is 26.1 Å². The summed E-state index contributed by atoms with van der Waals surface area (Å²) in [7, 11) is 0. The number of piperidine rings is 1. The van der Waals surface area contributed by atoms with Crippen molar-refractivity contribution in [3.8, 4) is 6.07 Å². The number of aromatic amines is 1. The Balaban J connectivity index is 1.59. The van der Waals surface area contributed by atoms with Crippen molar-refractivity contribution in [1.29, 1.82) is 5.26 Å². The molecule has 1 aromatic heterocycles. The van der Waals surface area contributed by atoms with Crippen LogP contribution < -0.4 is 16.0 Å². The van der Waals surface area contributed by atoms with E-state index in [0.717, 1.165) is 19.3 Å². The van der Waals surface area contributed by atoms with Crippen molar-refractivity contribution in [2.75, 3.05) is 6.54 Å². The third-order valence-corrected chi connectivity index (χ3v) is 5.03. The molecule has 0 bridgehead atoms. The Kier molecular flexibility index (Phi) is 6.06. The molecule has 3 atom stereocenters. The van der Waals surface area contributed by atoms with Gasteiger partial charge in [0.1, 0.15) is 17.8 Å². The monoisotopic (exact) mass is 372 g/mol. The first kappa shape index (κ1) is 18.9. The maximum Gasteiger partial charge on any atom is 0.269 e. The summed E-state index contributed by atoms with van der Waals surface area (Å²) in [6, 6.07) is 2.11. The van der Waals surface area contributed by atoms with E-state index in [9.17, 15) is 19.6 Å². The number of nitrogens with zero attached hydrogens (tertiary/aromatic N) is 2. The normalized spacial score (nSPS) is 21.4. The van der Waals surface area contributed by atoms with Crippen LogP contribution in [-0.4, -0.2) is 46.5 Å². The minimum absolute atomic E-state index is 0.0715. The summed E-state index contributed by atoms with van der Waals surface area (Å²) >= 11 is 0. The Morgan fingerprint density at radius 3 is 2.74 bits per heavy atom. The van der Waals surface area contributed by atoms with E-state index in [1.165, 1.54) is 12.3 Å². The van der Waals surface area contributed by atoms with E-state index in [2.05, 4.69) is 32.2 Å². The smallest absolute Gasteiger partial charge is 0.269 e. The van der Waals surface area contributed by atoms with Crippen LogP contribution in [-0.2, 0) is 9.59 Å². The van der Waals surface area contributed by atoms with Crippen molar-refractivity contribution in [2.45, 2.75) is 50.6 Å². The predicted octanol–water partition coefficient (Wildman–Crippen LogP) is 0.233. The molecule has 2 fully saturated rings. The zero-order chi connectivity index (χ0) is 19.2. The van der Waals surface area contributed by atoms with Crippen LogP contribution in [0.4, 0.5) is 0 Å². The second-order valence-electron chi connectivity index (χ2n) is 7.23. The summed E-state index contributed by atoms with van der Waals surface area (Å²) in [5.74, 6) is -0.735. The van der Waals surface area contributed by atoms with E-state index in [-0.39, 0.29) is 23.9 Å². The number of carbonyl (C=O) groups is 3. The highest BCUT2D eigenvalue weighted by Gasteiger charge is 2.33. The van der Waals surface area contributed by atoms with Gasteiger partial charge in [0.05, 0.1) is 6.07 Å². The SMILES string of the molecule is N#CC(C[C@@H]1CCCNC1=O)NC(=O)C(CC1CC1)NC(=O)c1ccn[nH]1. The zero-order valence-electron chi connectivity index (χ0n) is 15.0. The quantitative estimate of drug-likeness (QED) is 0.517. The second kappa shape index (κ2) is 8.66. The molecule has 2 aliphatic rings. The molecule has 4 N–H and O–H groups in total. The molecule has 1 saturated heterocycles. The molecular formula is C18H24N6O3. The minimum Gasteiger partial charge on any atom is -0.356 e. The lowest BCUT2D eigenvalue weighted by molar-refractivity contribution is -0.128. The molecule has 0 aromatic carbocycles. The number of H-pyrrole nitrogens is 1. The van der Waals surface area contributed by atoms with Gasteiger partial charge in [0.15, 0.2) is 0 Å². The number of hydrogen-bond acceptors (Lipinski definition) is 5. The molecule has 0 spiro atoms. The number of hydrogen-bond donors (Lipinski definition) is 4. The molecule has 1 aliphatic carbocycles. The van der Waals surface area contributed by atoms with Crippen LogP contribution in [0.3, 0.4) is 0 Å². The van der Waals surface area contributed by atoms with Gasteiger partial charge < -0.3 is 16.0 Å². The number of rotatable bonds is 8. The predicted molar refractivity (Wildman–Crippen MR) is 95.1 cm³/mol. The highest BCUT2D eigenvalue weighted by Crippen LogP contribution is 2.33. The van der Waals surface area contributed by atoms with Crippen LogP contribution in [0.5, 0.6) is 0 Å². The van der Waals surface area contributed by atoms with Crippen LogP contribution in [0.1, 0.15) is 49.0 Å². The fourth-order valence-electron chi connectivity index (χ4n) is 3.30. The fourth-order valence-corrected chi connectivity index (χ4v) is 3.30. The summed E-state index contributed by atoms with van der Waals surface area (Å²) in [5.41, 5.74) is 0.277. The Bertz CT molecular complexity index is 722. The number of aromatic nitrogens is 2. The lowest BCUT2D eigenvalue weighted by Gasteiger charge is -2.25. The second-order valence-corrected chi connectivity index (χ2v) is 7.23. The molecule has 1 saturated carbocycles. The van der Waals surface area contributed by atoms with Crippen LogP contribution in [0, 0.1) is 23.2 Å². The van der Waals surface area contributed by atoms with Gasteiger partial charge in [-0.1, -0.05) is 12.8 Å². The van der Waals surface area contributed by atoms with E-state index in [1.54, 1.807) is 0 Å². The fraction of sp³-hybridized carbons (Fsp3) is 0.611. The molecule has 1 aliphatic heterocycles. The van der Waals surface area contributed by atoms with Crippen molar-refractivity contribution < 1.29 is 14.4 Å². The van der Waals surface area contributed by atoms with Crippen LogP contribution in [0.2, 0.25) is 0 Å². The Morgan fingerprint density at radius 2 is 2.11 bits per heavy atom. The van der Waals surface area contributed by atoms with Gasteiger partial charge in [-0.2, -0.15) is 10.4 Å². The molecule has 1 aromatic rings. The molecule has 27 heavy (non-hydrogen) atoms. The van der Waals surface area contributed by atoms with Gasteiger partial charge in [-0.05, 0) is 37.7 Å². The molecule has 9 heteroatoms. The van der Waals surface area contributed by atoms with Crippen LogP contribution in [0.25, 0.3) is 0 Å². The lowest BCUT2D eigenvalue weighted by atomic mass is 9.92. The molecular weight excluding hydrogens is 348 g/mol. The number of carbonyl (C=O) groups excluding carboxylic acids is 3. The molecule has 144 valence electrons. The van der Waals surface area contributed by atoms with Gasteiger partial charge in [-0.15, -0.1) is 0 Å². The van der Waals surface area contributed by atoms with E-state index in [0.29, 0.717) is 25.3 Å². The highest BCUT2D eigenvalue weighted by molar-refractivity contribution is 5.96. The van der Waals surface area contributed by atoms with Crippen molar-refractivity contribution in [3.63, 3.8) is 0 Å². The average Bonchev–Trinajstić information content (AvgIpc) is 3.30. The van der Waals surface area contributed by atoms with Crippen LogP contribution in [0.15, 0.2) is 12.3 Å². The standard InChI is InChI=1S/C18H24N6O3/c19-10-13(9-12-2-1-6-20-16(12)25)22-18(27)15(8-11-3-4-11)23-17(26)14-5-7-21-24-14/h5,7,11-13,15H,1-4,6,8-9H2,(H,20,25)(H,21,24)(H,22,27)(H,23,26)/t12-,13?,15?/m0/s1. The molecule has 9 nitrogen and oxygen atoms in total. The third kappa shape index (κ3) is 5.29. The largest absolute Gasteiger partial charge is 0.356 e. The van der Waals surface area contributed by atoms with Crippen molar-refractivity contribution in [2.24, 2.45) is 11.8 Å². The zero-order valence-corrected chi connectivity index (χ0v) is 15.0. The first-order valence-electron chi connectivity index (χ1n) is 9.34. The van der Waals surface area contributed by atoms with E-state index < -0.39 is 23.9 Å². The van der Waals surface area contributed by atoms with Gasteiger partial charge in [0.25, 0.3) is 5.91 Å². The topological polar surface area (TPSA) is 140 Å². The van der Waals surface area contributed by atoms with E-state index >= 15 is 0 Å². The van der Waals surface area contributed by atoms with Gasteiger partial charge in [0.2, 0.25) is 11.8 Å². The Morgan fingerprint density at radius 1 is 1.30 bits per heavy atom. The summed E-state index contributed by atoms with van der Waals surface area (Å²) in [6.07, 6.45) is 5.93. The highest BCUT2D eigenvalue weighted by atomic mass is 16.2. The van der Waals surface area contributed by atoms with E-state index in [1.807, 2.05) is 0 Å². The maximum absolute atomic E-state index is 12.7. The first-order valence-corrected chi connectivity index (χ1v) is 9.34. The molecule has 2 unspecified atom stereocenters. The average molecular weight is 372 g/mol. The van der Waals surface area contributed by atoms with E-state index in [4.69, 9.17) is 0 Å². The van der Waals surface area contributed by atoms with Gasteiger partial charge in [-0.3, -0.25) is 19.5 Å². The van der Waals surface area contributed by atoms with Crippen molar-refractivity contribution in [3.05, 3.63) is 18.0 Å². The Hall–Kier alpha value is -2.89. The lowest BCUT2D eigenvalue weighted by Crippen LogP contribution is -2.50. The van der Waals surface area contributed by atoms with Gasteiger partial charge >= 0.3 is 0 Å². The van der Waals surface area contributed by atoms with Crippen molar-refractivity contribution >= 4 is 17.7 Å². The van der Waals surface area contributed by atoms with Gasteiger partial charge in [0, 0.05) is 18.7 Å². The number of amides is 3.